The van der Waals surface area contributed by atoms with Crippen LogP contribution in [0.5, 0.6) is 0 Å². The molecule has 0 bridgehead atoms. The number of aliphatic hydroxyl groups excluding tert-OH is 1. The fraction of sp³-hybridized carbons (Fsp3) is 0.400. The summed E-state index contributed by atoms with van der Waals surface area (Å²) in [5.41, 5.74) is 2.46. The molecular formula is C15H17NO3. The van der Waals surface area contributed by atoms with E-state index in [1.807, 2.05) is 25.1 Å². The van der Waals surface area contributed by atoms with Crippen molar-refractivity contribution in [3.05, 3.63) is 29.3 Å². The molecular weight excluding hydrogens is 242 g/mol. The minimum Gasteiger partial charge on any atom is -0.384 e. The molecule has 4 heteroatoms. The van der Waals surface area contributed by atoms with E-state index in [9.17, 15) is 4.79 Å². The van der Waals surface area contributed by atoms with E-state index in [2.05, 4.69) is 17.2 Å². The van der Waals surface area contributed by atoms with Crippen LogP contribution in [0.4, 0.5) is 5.69 Å². The molecule has 1 atom stereocenters. The van der Waals surface area contributed by atoms with Gasteiger partial charge in [-0.1, -0.05) is 17.9 Å². The van der Waals surface area contributed by atoms with E-state index in [-0.39, 0.29) is 18.4 Å². The summed E-state index contributed by atoms with van der Waals surface area (Å²) in [6.45, 7) is 2.88. The quantitative estimate of drug-likeness (QED) is 0.787. The Morgan fingerprint density at radius 1 is 1.58 bits per heavy atom. The van der Waals surface area contributed by atoms with Crippen molar-refractivity contribution in [2.75, 3.05) is 25.1 Å². The zero-order valence-electron chi connectivity index (χ0n) is 10.9. The molecule has 19 heavy (non-hydrogen) atoms. The first-order chi connectivity index (χ1) is 9.20. The number of benzene rings is 1. The van der Waals surface area contributed by atoms with Crippen LogP contribution in [0, 0.1) is 24.7 Å². The van der Waals surface area contributed by atoms with E-state index in [1.54, 1.807) is 0 Å². The van der Waals surface area contributed by atoms with Gasteiger partial charge in [0.1, 0.15) is 6.61 Å². The molecule has 100 valence electrons. The van der Waals surface area contributed by atoms with Crippen LogP contribution in [0.1, 0.15) is 17.5 Å². The lowest BCUT2D eigenvalue weighted by Gasteiger charge is -2.11. The fourth-order valence-corrected chi connectivity index (χ4v) is 1.98. The zero-order chi connectivity index (χ0) is 13.7. The van der Waals surface area contributed by atoms with Crippen LogP contribution in [0.3, 0.4) is 0 Å². The van der Waals surface area contributed by atoms with E-state index >= 15 is 0 Å². The number of rotatable bonds is 2. The predicted molar refractivity (Wildman–Crippen MR) is 72.7 cm³/mol. The van der Waals surface area contributed by atoms with Crippen molar-refractivity contribution in [2.45, 2.75) is 13.3 Å². The monoisotopic (exact) mass is 259 g/mol. The minimum absolute atomic E-state index is 0.0323. The average Bonchev–Trinajstić information content (AvgIpc) is 2.92. The standard InChI is InChI=1S/C15H17NO3/c1-11-4-5-12(3-2-7-17)14(9-11)16-15(18)13-6-8-19-10-13/h4-5,9,13,17H,6-8,10H2,1H3,(H,16,18). The highest BCUT2D eigenvalue weighted by Gasteiger charge is 2.23. The van der Waals surface area contributed by atoms with E-state index in [0.717, 1.165) is 12.0 Å². The van der Waals surface area contributed by atoms with Gasteiger partial charge in [0.05, 0.1) is 18.2 Å². The first kappa shape index (κ1) is 13.6. The van der Waals surface area contributed by atoms with Gasteiger partial charge in [0.15, 0.2) is 0 Å². The smallest absolute Gasteiger partial charge is 0.229 e. The summed E-state index contributed by atoms with van der Waals surface area (Å²) < 4.78 is 5.21. The lowest BCUT2D eigenvalue weighted by Crippen LogP contribution is -2.23. The molecule has 1 unspecified atom stereocenters. The van der Waals surface area contributed by atoms with Crippen LogP contribution >= 0.6 is 0 Å². The number of ether oxygens (including phenoxy) is 1. The molecule has 1 amide bonds. The molecule has 0 saturated carbocycles. The van der Waals surface area contributed by atoms with Gasteiger partial charge in [0.25, 0.3) is 0 Å². The SMILES string of the molecule is Cc1ccc(C#CCO)c(NC(=O)C2CCOC2)c1. The number of amides is 1. The van der Waals surface area contributed by atoms with E-state index < -0.39 is 0 Å². The van der Waals surface area contributed by atoms with Gasteiger partial charge in [-0.3, -0.25) is 4.79 Å². The fourth-order valence-electron chi connectivity index (χ4n) is 1.98. The molecule has 1 fully saturated rings. The molecule has 2 N–H and O–H groups in total. The Kier molecular flexibility index (Phi) is 4.56. The third-order valence-electron chi connectivity index (χ3n) is 3.04. The van der Waals surface area contributed by atoms with Crippen molar-refractivity contribution in [1.82, 2.24) is 0 Å². The topological polar surface area (TPSA) is 58.6 Å². The third kappa shape index (κ3) is 3.57. The second-order valence-electron chi connectivity index (χ2n) is 4.56. The van der Waals surface area contributed by atoms with Crippen molar-refractivity contribution in [1.29, 1.82) is 0 Å². The summed E-state index contributed by atoms with van der Waals surface area (Å²) >= 11 is 0. The zero-order valence-corrected chi connectivity index (χ0v) is 10.9. The van der Waals surface area contributed by atoms with Gasteiger partial charge < -0.3 is 15.2 Å². The number of aliphatic hydroxyl groups is 1. The summed E-state index contributed by atoms with van der Waals surface area (Å²) in [4.78, 5) is 12.1. The number of carbonyl (C=O) groups excluding carboxylic acids is 1. The summed E-state index contributed by atoms with van der Waals surface area (Å²) in [7, 11) is 0. The number of carbonyl (C=O) groups is 1. The van der Waals surface area contributed by atoms with Crippen LogP contribution in [-0.2, 0) is 9.53 Å². The van der Waals surface area contributed by atoms with E-state index in [0.29, 0.717) is 24.5 Å². The molecule has 1 aromatic rings. The third-order valence-corrected chi connectivity index (χ3v) is 3.04. The summed E-state index contributed by atoms with van der Waals surface area (Å²) in [6, 6.07) is 5.66. The van der Waals surface area contributed by atoms with Crippen molar-refractivity contribution in [3.63, 3.8) is 0 Å². The number of anilines is 1. The molecule has 4 nitrogen and oxygen atoms in total. The summed E-state index contributed by atoms with van der Waals surface area (Å²) in [5.74, 6) is 5.32. The van der Waals surface area contributed by atoms with Crippen LogP contribution in [0.25, 0.3) is 0 Å². The van der Waals surface area contributed by atoms with Gasteiger partial charge >= 0.3 is 0 Å². The molecule has 0 aromatic heterocycles. The maximum Gasteiger partial charge on any atom is 0.229 e. The molecule has 1 aliphatic heterocycles. The molecule has 1 saturated heterocycles. The maximum atomic E-state index is 12.1. The number of hydrogen-bond acceptors (Lipinski definition) is 3. The number of hydrogen-bond donors (Lipinski definition) is 2. The maximum absolute atomic E-state index is 12.1. The number of nitrogens with one attached hydrogen (secondary N) is 1. The van der Waals surface area contributed by atoms with Crippen LogP contribution in [-0.4, -0.2) is 30.8 Å². The molecule has 1 heterocycles. The summed E-state index contributed by atoms with van der Waals surface area (Å²) in [6.07, 6.45) is 0.759. The van der Waals surface area contributed by atoms with Gasteiger partial charge in [-0.05, 0) is 31.0 Å². The normalized spacial score (nSPS) is 17.7. The van der Waals surface area contributed by atoms with Crippen molar-refractivity contribution in [3.8, 4) is 11.8 Å². The largest absolute Gasteiger partial charge is 0.384 e. The first-order valence-corrected chi connectivity index (χ1v) is 6.29. The lowest BCUT2D eigenvalue weighted by atomic mass is 10.1. The van der Waals surface area contributed by atoms with Crippen molar-refractivity contribution >= 4 is 11.6 Å². The number of aryl methyl sites for hydroxylation is 1. The molecule has 0 radical (unpaired) electrons. The first-order valence-electron chi connectivity index (χ1n) is 6.29. The molecule has 0 aliphatic carbocycles. The Bertz CT molecular complexity index is 522. The van der Waals surface area contributed by atoms with Gasteiger partial charge in [-0.15, -0.1) is 0 Å². The van der Waals surface area contributed by atoms with E-state index in [4.69, 9.17) is 9.84 Å². The Morgan fingerprint density at radius 3 is 3.11 bits per heavy atom. The van der Waals surface area contributed by atoms with Crippen LogP contribution in [0.2, 0.25) is 0 Å². The molecule has 1 aromatic carbocycles. The van der Waals surface area contributed by atoms with Gasteiger partial charge in [-0.25, -0.2) is 0 Å². The van der Waals surface area contributed by atoms with Crippen molar-refractivity contribution in [2.24, 2.45) is 5.92 Å². The Hall–Kier alpha value is -1.83. The van der Waals surface area contributed by atoms with Crippen molar-refractivity contribution < 1.29 is 14.6 Å². The minimum atomic E-state index is -0.197. The highest BCUT2D eigenvalue weighted by atomic mass is 16.5. The second kappa shape index (κ2) is 6.37. The highest BCUT2D eigenvalue weighted by molar-refractivity contribution is 5.94. The highest BCUT2D eigenvalue weighted by Crippen LogP contribution is 2.20. The lowest BCUT2D eigenvalue weighted by molar-refractivity contribution is -0.119. The Morgan fingerprint density at radius 2 is 2.42 bits per heavy atom. The predicted octanol–water partition coefficient (Wildman–Crippen LogP) is 1.31. The van der Waals surface area contributed by atoms with Gasteiger partial charge in [-0.2, -0.15) is 0 Å². The summed E-state index contributed by atoms with van der Waals surface area (Å²) in [5, 5.41) is 11.6. The Labute approximate surface area is 112 Å². The van der Waals surface area contributed by atoms with Crippen LogP contribution < -0.4 is 5.32 Å². The molecule has 2 rings (SSSR count). The Balaban J connectivity index is 2.17. The van der Waals surface area contributed by atoms with Crippen LogP contribution in [0.15, 0.2) is 18.2 Å². The second-order valence-corrected chi connectivity index (χ2v) is 4.56. The van der Waals surface area contributed by atoms with Gasteiger partial charge in [0, 0.05) is 12.2 Å². The van der Waals surface area contributed by atoms with E-state index in [1.165, 1.54) is 0 Å². The van der Waals surface area contributed by atoms with Gasteiger partial charge in [0.2, 0.25) is 5.91 Å². The molecule has 0 spiro atoms. The average molecular weight is 259 g/mol. The molecule has 1 aliphatic rings.